The largest absolute Gasteiger partial charge is 0.493 e. The molecule has 1 aromatic carbocycles. The van der Waals surface area contributed by atoms with E-state index < -0.39 is 0 Å². The molecule has 1 saturated heterocycles. The fraction of sp³-hybridized carbons (Fsp3) is 0.667. The quantitative estimate of drug-likeness (QED) is 0.222. The molecule has 0 saturated carbocycles. The van der Waals surface area contributed by atoms with Gasteiger partial charge in [0.2, 0.25) is 0 Å². The van der Waals surface area contributed by atoms with Gasteiger partial charge in [0.1, 0.15) is 0 Å². The Kier molecular flexibility index (Phi) is 12.3. The first-order valence-electron chi connectivity index (χ1n) is 10.2. The lowest BCUT2D eigenvalue weighted by Crippen LogP contribution is -2.40. The third-order valence-corrected chi connectivity index (χ3v) is 5.06. The van der Waals surface area contributed by atoms with Gasteiger partial charge in [-0.05, 0) is 62.9 Å². The number of aliphatic imine (C=N–C) groups is 1. The van der Waals surface area contributed by atoms with E-state index in [0.29, 0.717) is 6.61 Å². The molecule has 0 aromatic heterocycles. The highest BCUT2D eigenvalue weighted by Crippen LogP contribution is 2.28. The summed E-state index contributed by atoms with van der Waals surface area (Å²) in [5, 5.41) is 6.89. The predicted molar refractivity (Wildman–Crippen MR) is 127 cm³/mol. The summed E-state index contributed by atoms with van der Waals surface area (Å²) in [6.07, 6.45) is 3.30. The van der Waals surface area contributed by atoms with Gasteiger partial charge in [0.05, 0.1) is 13.7 Å². The van der Waals surface area contributed by atoms with E-state index in [1.165, 1.54) is 25.1 Å². The van der Waals surface area contributed by atoms with Crippen molar-refractivity contribution in [3.05, 3.63) is 23.8 Å². The molecular weight excluding hydrogens is 467 g/mol. The molecule has 1 heterocycles. The van der Waals surface area contributed by atoms with Crippen molar-refractivity contribution >= 4 is 29.9 Å². The Balaban J connectivity index is 0.00000392. The summed E-state index contributed by atoms with van der Waals surface area (Å²) in [7, 11) is 3.51. The monoisotopic (exact) mass is 504 g/mol. The van der Waals surface area contributed by atoms with E-state index in [4.69, 9.17) is 9.47 Å². The fourth-order valence-electron chi connectivity index (χ4n) is 3.47. The standard InChI is InChI=1S/C21H36N4O2.HI/c1-5-25-13-11-18(16-25)15-24-21(22-3)23-12-7-8-17-9-10-19(26-4)20(14-17)27-6-2;/h9-10,14,18H,5-8,11-13,15-16H2,1-4H3,(H2,22,23,24);1H. The molecule has 0 bridgehead atoms. The van der Waals surface area contributed by atoms with Gasteiger partial charge in [0, 0.05) is 26.7 Å². The maximum atomic E-state index is 5.65. The highest BCUT2D eigenvalue weighted by molar-refractivity contribution is 14.0. The lowest BCUT2D eigenvalue weighted by molar-refractivity contribution is 0.310. The minimum absolute atomic E-state index is 0. The number of nitrogens with zero attached hydrogens (tertiary/aromatic N) is 2. The van der Waals surface area contributed by atoms with E-state index in [9.17, 15) is 0 Å². The second-order valence-corrected chi connectivity index (χ2v) is 6.95. The van der Waals surface area contributed by atoms with Crippen LogP contribution in [0.1, 0.15) is 32.3 Å². The number of rotatable bonds is 10. The summed E-state index contributed by atoms with van der Waals surface area (Å²) in [6, 6.07) is 6.17. The SMILES string of the molecule is CCOc1cc(CCCNC(=NC)NCC2CCN(CC)C2)ccc1OC.I. The van der Waals surface area contributed by atoms with Crippen LogP contribution in [0.4, 0.5) is 0 Å². The van der Waals surface area contributed by atoms with Crippen LogP contribution in [0.5, 0.6) is 11.5 Å². The summed E-state index contributed by atoms with van der Waals surface area (Å²) in [6.45, 7) is 10.3. The number of hydrogen-bond donors (Lipinski definition) is 2. The number of hydrogen-bond acceptors (Lipinski definition) is 4. The van der Waals surface area contributed by atoms with Crippen LogP contribution in [0, 0.1) is 5.92 Å². The lowest BCUT2D eigenvalue weighted by Gasteiger charge is -2.16. The van der Waals surface area contributed by atoms with Crippen LogP contribution in [0.3, 0.4) is 0 Å². The van der Waals surface area contributed by atoms with Crippen molar-refractivity contribution in [1.29, 1.82) is 0 Å². The summed E-state index contributed by atoms with van der Waals surface area (Å²) < 4.78 is 11.0. The summed E-state index contributed by atoms with van der Waals surface area (Å²) >= 11 is 0. The van der Waals surface area contributed by atoms with Crippen molar-refractivity contribution in [3.63, 3.8) is 0 Å². The van der Waals surface area contributed by atoms with Gasteiger partial charge in [-0.15, -0.1) is 24.0 Å². The number of methoxy groups -OCH3 is 1. The molecule has 2 rings (SSSR count). The molecular formula is C21H37IN4O2. The Morgan fingerprint density at radius 1 is 1.25 bits per heavy atom. The van der Waals surface area contributed by atoms with Crippen LogP contribution in [-0.2, 0) is 6.42 Å². The van der Waals surface area contributed by atoms with Gasteiger partial charge in [0.15, 0.2) is 17.5 Å². The van der Waals surface area contributed by atoms with Gasteiger partial charge in [-0.3, -0.25) is 4.99 Å². The lowest BCUT2D eigenvalue weighted by atomic mass is 10.1. The van der Waals surface area contributed by atoms with Crippen molar-refractivity contribution in [2.75, 3.05) is 53.5 Å². The molecule has 0 amide bonds. The van der Waals surface area contributed by atoms with E-state index in [0.717, 1.165) is 55.9 Å². The minimum Gasteiger partial charge on any atom is -0.493 e. The van der Waals surface area contributed by atoms with E-state index in [1.54, 1.807) is 7.11 Å². The highest BCUT2D eigenvalue weighted by Gasteiger charge is 2.20. The van der Waals surface area contributed by atoms with Crippen LogP contribution >= 0.6 is 24.0 Å². The molecule has 7 heteroatoms. The predicted octanol–water partition coefficient (Wildman–Crippen LogP) is 3.15. The van der Waals surface area contributed by atoms with Gasteiger partial charge in [-0.2, -0.15) is 0 Å². The molecule has 28 heavy (non-hydrogen) atoms. The zero-order valence-electron chi connectivity index (χ0n) is 17.8. The zero-order chi connectivity index (χ0) is 19.5. The van der Waals surface area contributed by atoms with Crippen LogP contribution < -0.4 is 20.1 Å². The van der Waals surface area contributed by atoms with E-state index in [1.807, 2.05) is 20.0 Å². The average molecular weight is 504 g/mol. The fourth-order valence-corrected chi connectivity index (χ4v) is 3.47. The Bertz CT molecular complexity index is 598. The number of likely N-dealkylation sites (tertiary alicyclic amines) is 1. The molecule has 1 unspecified atom stereocenters. The van der Waals surface area contributed by atoms with Crippen LogP contribution in [0.15, 0.2) is 23.2 Å². The number of guanidine groups is 1. The van der Waals surface area contributed by atoms with Gasteiger partial charge in [0.25, 0.3) is 0 Å². The Morgan fingerprint density at radius 3 is 2.71 bits per heavy atom. The number of halogens is 1. The first-order chi connectivity index (χ1) is 13.2. The topological polar surface area (TPSA) is 58.1 Å². The third-order valence-electron chi connectivity index (χ3n) is 5.06. The summed E-state index contributed by atoms with van der Waals surface area (Å²) in [4.78, 5) is 6.85. The normalized spacial score (nSPS) is 17.1. The smallest absolute Gasteiger partial charge is 0.190 e. The molecule has 1 fully saturated rings. The van der Waals surface area contributed by atoms with Crippen molar-refractivity contribution < 1.29 is 9.47 Å². The van der Waals surface area contributed by atoms with E-state index >= 15 is 0 Å². The second kappa shape index (κ2) is 13.9. The molecule has 1 atom stereocenters. The van der Waals surface area contributed by atoms with Crippen molar-refractivity contribution in [3.8, 4) is 11.5 Å². The molecule has 1 aromatic rings. The Labute approximate surface area is 187 Å². The van der Waals surface area contributed by atoms with Gasteiger partial charge >= 0.3 is 0 Å². The number of nitrogens with one attached hydrogen (secondary N) is 2. The van der Waals surface area contributed by atoms with Crippen LogP contribution in [0.25, 0.3) is 0 Å². The van der Waals surface area contributed by atoms with Crippen LogP contribution in [0.2, 0.25) is 0 Å². The average Bonchev–Trinajstić information content (AvgIpc) is 3.16. The molecule has 1 aliphatic rings. The summed E-state index contributed by atoms with van der Waals surface area (Å²) in [5.74, 6) is 3.23. The molecule has 0 radical (unpaired) electrons. The van der Waals surface area contributed by atoms with Gasteiger partial charge in [-0.25, -0.2) is 0 Å². The van der Waals surface area contributed by atoms with Crippen LogP contribution in [-0.4, -0.2) is 64.3 Å². The van der Waals surface area contributed by atoms with Crippen molar-refractivity contribution in [2.45, 2.75) is 33.1 Å². The number of aryl methyl sites for hydroxylation is 1. The molecule has 1 aliphatic heterocycles. The maximum Gasteiger partial charge on any atom is 0.190 e. The van der Waals surface area contributed by atoms with Gasteiger partial charge in [-0.1, -0.05) is 13.0 Å². The van der Waals surface area contributed by atoms with Crippen molar-refractivity contribution in [2.24, 2.45) is 10.9 Å². The molecule has 0 aliphatic carbocycles. The number of benzene rings is 1. The molecule has 2 N–H and O–H groups in total. The second-order valence-electron chi connectivity index (χ2n) is 6.95. The maximum absolute atomic E-state index is 5.65. The van der Waals surface area contributed by atoms with Gasteiger partial charge < -0.3 is 25.0 Å². The zero-order valence-corrected chi connectivity index (χ0v) is 20.1. The van der Waals surface area contributed by atoms with Crippen molar-refractivity contribution in [1.82, 2.24) is 15.5 Å². The third kappa shape index (κ3) is 8.03. The first kappa shape index (κ1) is 24.8. The first-order valence-corrected chi connectivity index (χ1v) is 10.2. The Morgan fingerprint density at radius 2 is 2.07 bits per heavy atom. The highest BCUT2D eigenvalue weighted by atomic mass is 127. The molecule has 0 spiro atoms. The molecule has 160 valence electrons. The Hall–Kier alpha value is -1.22. The molecule has 6 nitrogen and oxygen atoms in total. The minimum atomic E-state index is 0. The van der Waals surface area contributed by atoms with E-state index in [2.05, 4.69) is 39.6 Å². The van der Waals surface area contributed by atoms with E-state index in [-0.39, 0.29) is 24.0 Å². The number of ether oxygens (including phenoxy) is 2. The summed E-state index contributed by atoms with van der Waals surface area (Å²) in [5.41, 5.74) is 1.26.